The molecule has 1 N–H and O–H groups in total. The molecule has 23 heavy (non-hydrogen) atoms. The van der Waals surface area contributed by atoms with Crippen molar-refractivity contribution in [1.29, 1.82) is 0 Å². The Kier molecular flexibility index (Phi) is 7.36. The summed E-state index contributed by atoms with van der Waals surface area (Å²) >= 11 is 0. The summed E-state index contributed by atoms with van der Waals surface area (Å²) in [5, 5.41) is 9.09. The van der Waals surface area contributed by atoms with E-state index < -0.39 is 0 Å². The van der Waals surface area contributed by atoms with E-state index in [-0.39, 0.29) is 12.7 Å². The fourth-order valence-electron chi connectivity index (χ4n) is 3.08. The Labute approximate surface area is 138 Å². The number of aliphatic hydroxyl groups excluding tert-OH is 1. The third kappa shape index (κ3) is 5.84. The van der Waals surface area contributed by atoms with Gasteiger partial charge in [0.15, 0.2) is 0 Å². The van der Waals surface area contributed by atoms with E-state index in [9.17, 15) is 4.79 Å². The number of nitrogens with zero attached hydrogens (tertiary/aromatic N) is 2. The second-order valence-corrected chi connectivity index (χ2v) is 6.11. The number of amides is 1. The Hall–Kier alpha value is -1.59. The number of likely N-dealkylation sites (tertiary alicyclic amines) is 1. The van der Waals surface area contributed by atoms with Crippen molar-refractivity contribution in [2.75, 3.05) is 39.3 Å². The molecule has 0 aromatic heterocycles. The van der Waals surface area contributed by atoms with E-state index in [2.05, 4.69) is 11.8 Å². The van der Waals surface area contributed by atoms with E-state index in [4.69, 9.17) is 9.84 Å². The standard InChI is InChI=1S/C18H28N2O3/c1-2-19(11-12-21)13-17-9-6-10-20(14-17)18(22)23-15-16-7-4-3-5-8-16/h3-5,7-8,17,21H,2,6,9-15H2,1H3. The van der Waals surface area contributed by atoms with Crippen LogP contribution in [0.2, 0.25) is 0 Å². The van der Waals surface area contributed by atoms with Gasteiger partial charge in [-0.2, -0.15) is 0 Å². The summed E-state index contributed by atoms with van der Waals surface area (Å²) in [6.07, 6.45) is 1.93. The van der Waals surface area contributed by atoms with Gasteiger partial charge in [-0.25, -0.2) is 4.79 Å². The molecule has 1 aliphatic rings. The molecule has 0 radical (unpaired) electrons. The van der Waals surface area contributed by atoms with Crippen LogP contribution in [0.15, 0.2) is 30.3 Å². The highest BCUT2D eigenvalue weighted by Crippen LogP contribution is 2.18. The van der Waals surface area contributed by atoms with Crippen LogP contribution in [0, 0.1) is 5.92 Å². The molecule has 0 spiro atoms. The number of aliphatic hydroxyl groups is 1. The van der Waals surface area contributed by atoms with Gasteiger partial charge in [0.05, 0.1) is 6.61 Å². The number of carbonyl (C=O) groups is 1. The van der Waals surface area contributed by atoms with Crippen LogP contribution in [0.3, 0.4) is 0 Å². The lowest BCUT2D eigenvalue weighted by Gasteiger charge is -2.34. The van der Waals surface area contributed by atoms with Crippen molar-refractivity contribution in [1.82, 2.24) is 9.80 Å². The van der Waals surface area contributed by atoms with Crippen LogP contribution in [0.1, 0.15) is 25.3 Å². The third-order valence-electron chi connectivity index (χ3n) is 4.36. The van der Waals surface area contributed by atoms with E-state index in [1.54, 1.807) is 0 Å². The summed E-state index contributed by atoms with van der Waals surface area (Å²) in [6.45, 7) is 6.69. The smallest absolute Gasteiger partial charge is 0.410 e. The number of hydrogen-bond acceptors (Lipinski definition) is 4. The molecule has 1 amide bonds. The van der Waals surface area contributed by atoms with Crippen LogP contribution in [-0.2, 0) is 11.3 Å². The van der Waals surface area contributed by atoms with Crippen molar-refractivity contribution in [3.05, 3.63) is 35.9 Å². The quantitative estimate of drug-likeness (QED) is 0.838. The van der Waals surface area contributed by atoms with Crippen LogP contribution >= 0.6 is 0 Å². The number of ether oxygens (including phenoxy) is 1. The molecule has 2 rings (SSSR count). The molecule has 1 heterocycles. The minimum atomic E-state index is -0.219. The van der Waals surface area contributed by atoms with Gasteiger partial charge in [0, 0.05) is 26.2 Å². The second-order valence-electron chi connectivity index (χ2n) is 6.11. The second kappa shape index (κ2) is 9.53. The number of piperidine rings is 1. The van der Waals surface area contributed by atoms with Gasteiger partial charge >= 0.3 is 6.09 Å². The molecule has 1 aromatic rings. The first-order chi connectivity index (χ1) is 11.2. The van der Waals surface area contributed by atoms with Crippen molar-refractivity contribution in [3.63, 3.8) is 0 Å². The maximum Gasteiger partial charge on any atom is 0.410 e. The Morgan fingerprint density at radius 3 is 2.87 bits per heavy atom. The Bertz CT molecular complexity index is 467. The average Bonchev–Trinajstić information content (AvgIpc) is 2.60. The predicted octanol–water partition coefficient (Wildman–Crippen LogP) is 2.35. The van der Waals surface area contributed by atoms with Gasteiger partial charge in [-0.05, 0) is 30.9 Å². The Morgan fingerprint density at radius 2 is 2.17 bits per heavy atom. The fourth-order valence-corrected chi connectivity index (χ4v) is 3.08. The van der Waals surface area contributed by atoms with E-state index in [1.165, 1.54) is 0 Å². The summed E-state index contributed by atoms with van der Waals surface area (Å²) in [4.78, 5) is 16.3. The molecule has 1 saturated heterocycles. The topological polar surface area (TPSA) is 53.0 Å². The van der Waals surface area contributed by atoms with Crippen LogP contribution in [0.5, 0.6) is 0 Å². The first-order valence-corrected chi connectivity index (χ1v) is 8.51. The van der Waals surface area contributed by atoms with Crippen LogP contribution in [0.25, 0.3) is 0 Å². The zero-order valence-corrected chi connectivity index (χ0v) is 14.0. The molecule has 1 aromatic carbocycles. The largest absolute Gasteiger partial charge is 0.445 e. The van der Waals surface area contributed by atoms with Gasteiger partial charge in [0.25, 0.3) is 0 Å². The number of likely N-dealkylation sites (N-methyl/N-ethyl adjacent to an activating group) is 1. The van der Waals surface area contributed by atoms with Gasteiger partial charge in [0.1, 0.15) is 6.61 Å². The first-order valence-electron chi connectivity index (χ1n) is 8.51. The van der Waals surface area contributed by atoms with Crippen molar-refractivity contribution in [2.24, 2.45) is 5.92 Å². The molecule has 128 valence electrons. The monoisotopic (exact) mass is 320 g/mol. The van der Waals surface area contributed by atoms with E-state index in [1.807, 2.05) is 35.2 Å². The number of benzene rings is 1. The van der Waals surface area contributed by atoms with E-state index in [0.29, 0.717) is 19.1 Å². The summed E-state index contributed by atoms with van der Waals surface area (Å²) in [6, 6.07) is 9.76. The molecule has 5 nitrogen and oxygen atoms in total. The van der Waals surface area contributed by atoms with Gasteiger partial charge in [0.2, 0.25) is 0 Å². The zero-order chi connectivity index (χ0) is 16.5. The van der Waals surface area contributed by atoms with Gasteiger partial charge in [-0.1, -0.05) is 37.3 Å². The Morgan fingerprint density at radius 1 is 1.39 bits per heavy atom. The van der Waals surface area contributed by atoms with Crippen molar-refractivity contribution >= 4 is 6.09 Å². The predicted molar refractivity (Wildman–Crippen MR) is 90.1 cm³/mol. The molecule has 0 bridgehead atoms. The Balaban J connectivity index is 1.79. The maximum absolute atomic E-state index is 12.2. The molecule has 1 aliphatic heterocycles. The summed E-state index contributed by atoms with van der Waals surface area (Å²) < 4.78 is 5.43. The highest BCUT2D eigenvalue weighted by molar-refractivity contribution is 5.67. The summed E-state index contributed by atoms with van der Waals surface area (Å²) in [5.41, 5.74) is 1.01. The molecule has 0 aliphatic carbocycles. The lowest BCUT2D eigenvalue weighted by Crippen LogP contribution is -2.44. The number of rotatable bonds is 7. The first kappa shape index (κ1) is 17.8. The minimum absolute atomic E-state index is 0.184. The molecule has 5 heteroatoms. The van der Waals surface area contributed by atoms with Crippen molar-refractivity contribution in [2.45, 2.75) is 26.4 Å². The molecule has 0 saturated carbocycles. The number of hydrogen-bond donors (Lipinski definition) is 1. The highest BCUT2D eigenvalue weighted by Gasteiger charge is 2.25. The van der Waals surface area contributed by atoms with E-state index in [0.717, 1.165) is 44.6 Å². The molecular weight excluding hydrogens is 292 g/mol. The van der Waals surface area contributed by atoms with Crippen molar-refractivity contribution in [3.8, 4) is 0 Å². The normalized spacial score (nSPS) is 18.2. The maximum atomic E-state index is 12.2. The van der Waals surface area contributed by atoms with E-state index >= 15 is 0 Å². The molecule has 1 atom stereocenters. The SMILES string of the molecule is CCN(CCO)CC1CCCN(C(=O)OCc2ccccc2)C1. The lowest BCUT2D eigenvalue weighted by molar-refractivity contribution is 0.0709. The minimum Gasteiger partial charge on any atom is -0.445 e. The van der Waals surface area contributed by atoms with Gasteiger partial charge < -0.3 is 19.6 Å². The average molecular weight is 320 g/mol. The molecule has 1 unspecified atom stereocenters. The van der Waals surface area contributed by atoms with Crippen LogP contribution in [-0.4, -0.2) is 60.3 Å². The summed E-state index contributed by atoms with van der Waals surface area (Å²) in [7, 11) is 0. The van der Waals surface area contributed by atoms with Gasteiger partial charge in [-0.3, -0.25) is 0 Å². The number of carbonyl (C=O) groups excluding carboxylic acids is 1. The summed E-state index contributed by atoms with van der Waals surface area (Å²) in [5.74, 6) is 0.458. The van der Waals surface area contributed by atoms with Crippen LogP contribution < -0.4 is 0 Å². The fraction of sp³-hybridized carbons (Fsp3) is 0.611. The third-order valence-corrected chi connectivity index (χ3v) is 4.36. The molecular formula is C18H28N2O3. The zero-order valence-electron chi connectivity index (χ0n) is 14.0. The highest BCUT2D eigenvalue weighted by atomic mass is 16.6. The molecule has 1 fully saturated rings. The van der Waals surface area contributed by atoms with Crippen molar-refractivity contribution < 1.29 is 14.6 Å². The van der Waals surface area contributed by atoms with Gasteiger partial charge in [-0.15, -0.1) is 0 Å². The van der Waals surface area contributed by atoms with Crippen LogP contribution in [0.4, 0.5) is 4.79 Å². The lowest BCUT2D eigenvalue weighted by atomic mass is 9.97.